The number of pyridine rings is 1. The lowest BCUT2D eigenvalue weighted by Crippen LogP contribution is -2.20. The largest absolute Gasteiger partial charge is 0.294 e. The number of hydrogen-bond acceptors (Lipinski definition) is 4. The van der Waals surface area contributed by atoms with Crippen molar-refractivity contribution in [1.82, 2.24) is 10.3 Å². The molecule has 76 valence electrons. The van der Waals surface area contributed by atoms with Gasteiger partial charge in [-0.2, -0.15) is 0 Å². The predicted octanol–water partition coefficient (Wildman–Crippen LogP) is 0.476. The van der Waals surface area contributed by atoms with E-state index in [9.17, 15) is 14.4 Å². The average Bonchev–Trinajstić information content (AvgIpc) is 2.41. The van der Waals surface area contributed by atoms with Crippen molar-refractivity contribution in [3.8, 4) is 0 Å². The summed E-state index contributed by atoms with van der Waals surface area (Å²) < 4.78 is 0. The molecule has 0 saturated carbocycles. The van der Waals surface area contributed by atoms with Crippen molar-refractivity contribution < 1.29 is 14.4 Å². The molecule has 5 nitrogen and oxygen atoms in total. The van der Waals surface area contributed by atoms with Crippen molar-refractivity contribution >= 4 is 17.6 Å². The van der Waals surface area contributed by atoms with Crippen LogP contribution in [-0.4, -0.2) is 22.6 Å². The number of rotatable bonds is 1. The molecule has 0 radical (unpaired) electrons. The molecule has 0 aliphatic carbocycles. The first-order chi connectivity index (χ1) is 7.02. The molecule has 1 aromatic heterocycles. The Bertz CT molecular complexity index is 506. The highest BCUT2D eigenvalue weighted by molar-refractivity contribution is 6.25. The number of carbonyl (C=O) groups excluding carboxylic acids is 3. The summed E-state index contributed by atoms with van der Waals surface area (Å²) in [6, 6.07) is 0. The molecule has 15 heavy (non-hydrogen) atoms. The molecule has 0 aromatic carbocycles. The zero-order chi connectivity index (χ0) is 11.2. The Balaban J connectivity index is 2.81. The highest BCUT2D eigenvalue weighted by Gasteiger charge is 2.32. The molecule has 0 spiro atoms. The molecular weight excluding hydrogens is 196 g/mol. The molecule has 0 fully saturated rings. The van der Waals surface area contributed by atoms with Crippen molar-refractivity contribution in [2.75, 3.05) is 0 Å². The van der Waals surface area contributed by atoms with E-state index in [0.29, 0.717) is 5.69 Å². The number of hydrogen-bond donors (Lipinski definition) is 1. The van der Waals surface area contributed by atoms with Crippen LogP contribution in [0.2, 0.25) is 0 Å². The van der Waals surface area contributed by atoms with Crippen LogP contribution in [0.25, 0.3) is 0 Å². The van der Waals surface area contributed by atoms with Crippen LogP contribution in [0.1, 0.15) is 43.7 Å². The number of aryl methyl sites for hydroxylation is 1. The topological polar surface area (TPSA) is 76.1 Å². The van der Waals surface area contributed by atoms with Crippen LogP contribution in [0, 0.1) is 6.92 Å². The van der Waals surface area contributed by atoms with Gasteiger partial charge in [-0.05, 0) is 13.8 Å². The standard InChI is InChI=1S/C10H8N2O3/c1-4-7(5(2)13)8-6(3-11-4)9(14)12-10(8)15/h3H,1-2H3,(H,12,14,15). The zero-order valence-electron chi connectivity index (χ0n) is 8.25. The molecule has 1 aliphatic rings. The summed E-state index contributed by atoms with van der Waals surface area (Å²) >= 11 is 0. The summed E-state index contributed by atoms with van der Waals surface area (Å²) in [5.41, 5.74) is 1.03. The van der Waals surface area contributed by atoms with E-state index in [4.69, 9.17) is 0 Å². The molecular formula is C10H8N2O3. The third kappa shape index (κ3) is 1.24. The minimum Gasteiger partial charge on any atom is -0.294 e. The lowest BCUT2D eigenvalue weighted by Gasteiger charge is -2.04. The number of ketones is 1. The molecule has 1 N–H and O–H groups in total. The smallest absolute Gasteiger partial charge is 0.260 e. The molecule has 0 atom stereocenters. The predicted molar refractivity (Wildman–Crippen MR) is 50.8 cm³/mol. The summed E-state index contributed by atoms with van der Waals surface area (Å²) in [6.45, 7) is 2.98. The number of fused-ring (bicyclic) bond motifs is 1. The summed E-state index contributed by atoms with van der Waals surface area (Å²) in [7, 11) is 0. The lowest BCUT2D eigenvalue weighted by molar-refractivity contribution is 0.0875. The Kier molecular flexibility index (Phi) is 1.89. The Morgan fingerprint density at radius 1 is 1.33 bits per heavy atom. The third-order valence-corrected chi connectivity index (χ3v) is 2.32. The average molecular weight is 204 g/mol. The van der Waals surface area contributed by atoms with Gasteiger partial charge in [0.2, 0.25) is 0 Å². The quantitative estimate of drug-likeness (QED) is 0.533. The number of aromatic nitrogens is 1. The van der Waals surface area contributed by atoms with Gasteiger partial charge >= 0.3 is 0 Å². The van der Waals surface area contributed by atoms with E-state index in [1.165, 1.54) is 13.1 Å². The van der Waals surface area contributed by atoms with Crippen molar-refractivity contribution in [3.63, 3.8) is 0 Å². The summed E-state index contributed by atoms with van der Waals surface area (Å²) in [4.78, 5) is 38.0. The first-order valence-corrected chi connectivity index (χ1v) is 4.38. The molecule has 2 rings (SSSR count). The molecule has 2 amide bonds. The van der Waals surface area contributed by atoms with E-state index in [-0.39, 0.29) is 22.5 Å². The highest BCUT2D eigenvalue weighted by Crippen LogP contribution is 2.21. The highest BCUT2D eigenvalue weighted by atomic mass is 16.2. The molecule has 1 aliphatic heterocycles. The Labute approximate surface area is 85.5 Å². The van der Waals surface area contributed by atoms with Gasteiger partial charge in [0.1, 0.15) is 0 Å². The van der Waals surface area contributed by atoms with Gasteiger partial charge in [-0.15, -0.1) is 0 Å². The minimum absolute atomic E-state index is 0.153. The van der Waals surface area contributed by atoms with Crippen LogP contribution in [0.5, 0.6) is 0 Å². The number of Topliss-reactive ketones (excluding diaryl/α,β-unsaturated/α-hetero) is 1. The van der Waals surface area contributed by atoms with Crippen LogP contribution in [-0.2, 0) is 0 Å². The van der Waals surface area contributed by atoms with Crippen LogP contribution < -0.4 is 5.32 Å². The fourth-order valence-corrected chi connectivity index (χ4v) is 1.68. The second kappa shape index (κ2) is 2.98. The fraction of sp³-hybridized carbons (Fsp3) is 0.200. The molecule has 0 bridgehead atoms. The molecule has 1 aromatic rings. The zero-order valence-corrected chi connectivity index (χ0v) is 8.25. The van der Waals surface area contributed by atoms with Gasteiger partial charge in [0.15, 0.2) is 5.78 Å². The summed E-state index contributed by atoms with van der Waals surface area (Å²) in [5.74, 6) is -1.28. The summed E-state index contributed by atoms with van der Waals surface area (Å²) in [5, 5.41) is 2.13. The fourth-order valence-electron chi connectivity index (χ4n) is 1.68. The van der Waals surface area contributed by atoms with Crippen molar-refractivity contribution in [3.05, 3.63) is 28.6 Å². The number of nitrogens with one attached hydrogen (secondary N) is 1. The van der Waals surface area contributed by atoms with Crippen molar-refractivity contribution in [2.24, 2.45) is 0 Å². The maximum Gasteiger partial charge on any atom is 0.260 e. The maximum absolute atomic E-state index is 11.4. The number of nitrogens with zero attached hydrogens (tertiary/aromatic N) is 1. The Morgan fingerprint density at radius 3 is 2.60 bits per heavy atom. The van der Waals surface area contributed by atoms with Gasteiger partial charge in [-0.3, -0.25) is 24.7 Å². The van der Waals surface area contributed by atoms with Crippen LogP contribution >= 0.6 is 0 Å². The minimum atomic E-state index is -0.522. The van der Waals surface area contributed by atoms with Crippen LogP contribution in [0.15, 0.2) is 6.20 Å². The number of carbonyl (C=O) groups is 3. The normalized spacial score (nSPS) is 13.7. The maximum atomic E-state index is 11.4. The van der Waals surface area contributed by atoms with Gasteiger partial charge < -0.3 is 0 Å². The van der Waals surface area contributed by atoms with Gasteiger partial charge in [-0.25, -0.2) is 0 Å². The van der Waals surface area contributed by atoms with Crippen LogP contribution in [0.4, 0.5) is 0 Å². The molecule has 0 unspecified atom stereocenters. The van der Waals surface area contributed by atoms with Gasteiger partial charge in [0, 0.05) is 11.9 Å². The lowest BCUT2D eigenvalue weighted by atomic mass is 10.0. The third-order valence-electron chi connectivity index (χ3n) is 2.32. The van der Waals surface area contributed by atoms with Gasteiger partial charge in [0.05, 0.1) is 16.7 Å². The van der Waals surface area contributed by atoms with E-state index in [2.05, 4.69) is 10.3 Å². The number of imide groups is 1. The molecule has 2 heterocycles. The second-order valence-corrected chi connectivity index (χ2v) is 3.35. The molecule has 0 saturated heterocycles. The van der Waals surface area contributed by atoms with E-state index >= 15 is 0 Å². The van der Waals surface area contributed by atoms with Gasteiger partial charge in [0.25, 0.3) is 11.8 Å². The van der Waals surface area contributed by atoms with E-state index in [1.54, 1.807) is 6.92 Å². The van der Waals surface area contributed by atoms with Crippen molar-refractivity contribution in [2.45, 2.75) is 13.8 Å². The first-order valence-electron chi connectivity index (χ1n) is 4.38. The molecule has 5 heteroatoms. The Hall–Kier alpha value is -2.04. The second-order valence-electron chi connectivity index (χ2n) is 3.35. The summed E-state index contributed by atoms with van der Waals surface area (Å²) in [6.07, 6.45) is 1.32. The van der Waals surface area contributed by atoms with E-state index in [0.717, 1.165) is 0 Å². The van der Waals surface area contributed by atoms with E-state index in [1.807, 2.05) is 0 Å². The van der Waals surface area contributed by atoms with Crippen molar-refractivity contribution in [1.29, 1.82) is 0 Å². The van der Waals surface area contributed by atoms with Crippen LogP contribution in [0.3, 0.4) is 0 Å². The number of amides is 2. The SMILES string of the molecule is CC(=O)c1c(C)ncc2c1C(=O)NC2=O. The van der Waals surface area contributed by atoms with E-state index < -0.39 is 11.8 Å². The van der Waals surface area contributed by atoms with Gasteiger partial charge in [-0.1, -0.05) is 0 Å². The first kappa shape index (κ1) is 9.51. The monoisotopic (exact) mass is 204 g/mol. The Morgan fingerprint density at radius 2 is 2.00 bits per heavy atom.